The van der Waals surface area contributed by atoms with Crippen molar-refractivity contribution in [3.63, 3.8) is 0 Å². The normalized spacial score (nSPS) is 10.5. The topological polar surface area (TPSA) is 44.1 Å². The van der Waals surface area contributed by atoms with Crippen LogP contribution in [-0.2, 0) is 17.8 Å². The number of carbonyl (C=O) groups is 1. The van der Waals surface area contributed by atoms with E-state index in [0.717, 1.165) is 12.0 Å². The molecular weight excluding hydrogens is 292 g/mol. The van der Waals surface area contributed by atoms with Crippen LogP contribution >= 0.6 is 11.3 Å². The first-order valence-electron chi connectivity index (χ1n) is 7.39. The Labute approximate surface area is 135 Å². The van der Waals surface area contributed by atoms with Crippen LogP contribution in [0.4, 0.5) is 0 Å². The molecule has 0 bridgehead atoms. The maximum absolute atomic E-state index is 12.5. The smallest absolute Gasteiger partial charge is 0.223 e. The molecule has 0 radical (unpaired) electrons. The van der Waals surface area contributed by atoms with Crippen LogP contribution in [0, 0.1) is 11.3 Å². The van der Waals surface area contributed by atoms with Crippen LogP contribution in [0.3, 0.4) is 0 Å². The summed E-state index contributed by atoms with van der Waals surface area (Å²) in [5.41, 5.74) is 2.92. The van der Waals surface area contributed by atoms with Gasteiger partial charge in [-0.25, -0.2) is 0 Å². The molecule has 0 aliphatic heterocycles. The Morgan fingerprint density at radius 3 is 2.50 bits per heavy atom. The Balaban J connectivity index is 1.99. The summed E-state index contributed by atoms with van der Waals surface area (Å²) in [6.45, 7) is 4.66. The van der Waals surface area contributed by atoms with E-state index < -0.39 is 0 Å². The van der Waals surface area contributed by atoms with Crippen LogP contribution in [0.25, 0.3) is 0 Å². The molecule has 4 heteroatoms. The number of carbonyl (C=O) groups excluding carboxylic acids is 1. The van der Waals surface area contributed by atoms with Gasteiger partial charge in [0.1, 0.15) is 0 Å². The molecular formula is C18H20N2OS. The fourth-order valence-electron chi connectivity index (χ4n) is 2.27. The van der Waals surface area contributed by atoms with E-state index in [0.29, 0.717) is 18.5 Å². The summed E-state index contributed by atoms with van der Waals surface area (Å²) in [6, 6.07) is 11.8. The largest absolute Gasteiger partial charge is 0.336 e. The molecule has 0 N–H and O–H groups in total. The molecule has 1 heterocycles. The van der Waals surface area contributed by atoms with E-state index in [1.807, 2.05) is 36.3 Å². The highest BCUT2D eigenvalue weighted by atomic mass is 32.1. The maximum atomic E-state index is 12.5. The van der Waals surface area contributed by atoms with Crippen molar-refractivity contribution in [3.8, 4) is 6.07 Å². The van der Waals surface area contributed by atoms with Crippen LogP contribution in [0.15, 0.2) is 41.1 Å². The highest BCUT2D eigenvalue weighted by Gasteiger charge is 2.17. The van der Waals surface area contributed by atoms with Crippen LogP contribution in [0.1, 0.15) is 37.0 Å². The number of nitriles is 1. The van der Waals surface area contributed by atoms with Crippen LogP contribution in [-0.4, -0.2) is 16.8 Å². The third-order valence-electron chi connectivity index (χ3n) is 3.59. The first-order valence-corrected chi connectivity index (χ1v) is 8.34. The number of hydrogen-bond donors (Lipinski definition) is 0. The molecule has 1 aromatic carbocycles. The van der Waals surface area contributed by atoms with Gasteiger partial charge in [-0.15, -0.1) is 0 Å². The van der Waals surface area contributed by atoms with Gasteiger partial charge in [0.25, 0.3) is 0 Å². The Morgan fingerprint density at radius 2 is 1.95 bits per heavy atom. The lowest BCUT2D eigenvalue weighted by Crippen LogP contribution is -2.36. The number of amides is 1. The number of thiophene rings is 1. The first-order chi connectivity index (χ1) is 10.6. The van der Waals surface area contributed by atoms with E-state index in [2.05, 4.69) is 17.5 Å². The Hall–Kier alpha value is -2.12. The molecule has 0 atom stereocenters. The summed E-state index contributed by atoms with van der Waals surface area (Å²) in [6.07, 6.45) is 1.32. The van der Waals surface area contributed by atoms with Crippen molar-refractivity contribution in [1.82, 2.24) is 4.90 Å². The Bertz CT molecular complexity index is 639. The molecule has 2 aromatic rings. The predicted molar refractivity (Wildman–Crippen MR) is 89.5 cm³/mol. The minimum Gasteiger partial charge on any atom is -0.336 e. The van der Waals surface area contributed by atoms with Crippen molar-refractivity contribution in [2.24, 2.45) is 0 Å². The van der Waals surface area contributed by atoms with Crippen molar-refractivity contribution >= 4 is 17.2 Å². The second-order valence-electron chi connectivity index (χ2n) is 5.56. The molecule has 22 heavy (non-hydrogen) atoms. The van der Waals surface area contributed by atoms with Crippen LogP contribution in [0.5, 0.6) is 0 Å². The standard InChI is InChI=1S/C18H20N2OS/c1-14(2)20(12-16-5-3-15(11-19)4-6-16)18(21)8-7-17-9-10-22-13-17/h3-6,9-10,13-14H,7-8,12H2,1-2H3. The van der Waals surface area contributed by atoms with Gasteiger partial charge in [-0.3, -0.25) is 4.79 Å². The van der Waals surface area contributed by atoms with E-state index in [9.17, 15) is 4.79 Å². The molecule has 2 rings (SSSR count). The SMILES string of the molecule is CC(C)N(Cc1ccc(C#N)cc1)C(=O)CCc1ccsc1. The van der Waals surface area contributed by atoms with Crippen LogP contribution < -0.4 is 0 Å². The lowest BCUT2D eigenvalue weighted by atomic mass is 10.1. The number of rotatable bonds is 6. The van der Waals surface area contributed by atoms with Crippen molar-refractivity contribution in [1.29, 1.82) is 5.26 Å². The van der Waals surface area contributed by atoms with E-state index in [1.165, 1.54) is 5.56 Å². The molecule has 0 fully saturated rings. The van der Waals surface area contributed by atoms with Gasteiger partial charge in [-0.05, 0) is 60.4 Å². The molecule has 0 unspecified atom stereocenters. The highest BCUT2D eigenvalue weighted by molar-refractivity contribution is 7.07. The van der Waals surface area contributed by atoms with Gasteiger partial charge in [-0.1, -0.05) is 12.1 Å². The third-order valence-corrected chi connectivity index (χ3v) is 4.32. The Kier molecular flexibility index (Phi) is 5.74. The Morgan fingerprint density at radius 1 is 1.23 bits per heavy atom. The molecule has 1 amide bonds. The van der Waals surface area contributed by atoms with E-state index >= 15 is 0 Å². The molecule has 114 valence electrons. The summed E-state index contributed by atoms with van der Waals surface area (Å²) in [4.78, 5) is 14.4. The molecule has 0 spiro atoms. The summed E-state index contributed by atoms with van der Waals surface area (Å²) < 4.78 is 0. The zero-order chi connectivity index (χ0) is 15.9. The summed E-state index contributed by atoms with van der Waals surface area (Å²) in [7, 11) is 0. The summed E-state index contributed by atoms with van der Waals surface area (Å²) in [5.74, 6) is 0.172. The lowest BCUT2D eigenvalue weighted by molar-refractivity contribution is -0.133. The van der Waals surface area contributed by atoms with Gasteiger partial charge in [0, 0.05) is 19.0 Å². The minimum absolute atomic E-state index is 0.158. The van der Waals surface area contributed by atoms with Crippen molar-refractivity contribution in [2.75, 3.05) is 0 Å². The number of nitrogens with zero attached hydrogens (tertiary/aromatic N) is 2. The van der Waals surface area contributed by atoms with Crippen molar-refractivity contribution in [3.05, 3.63) is 57.8 Å². The summed E-state index contributed by atoms with van der Waals surface area (Å²) in [5, 5.41) is 13.0. The molecule has 0 aliphatic rings. The predicted octanol–water partition coefficient (Wildman–Crippen LogP) is 3.99. The number of aryl methyl sites for hydroxylation is 1. The van der Waals surface area contributed by atoms with Gasteiger partial charge < -0.3 is 4.90 Å². The monoisotopic (exact) mass is 312 g/mol. The second-order valence-corrected chi connectivity index (χ2v) is 6.34. The van der Waals surface area contributed by atoms with Gasteiger partial charge >= 0.3 is 0 Å². The average Bonchev–Trinajstić information content (AvgIpc) is 3.04. The fourth-order valence-corrected chi connectivity index (χ4v) is 2.97. The quantitative estimate of drug-likeness (QED) is 0.809. The zero-order valence-corrected chi connectivity index (χ0v) is 13.8. The van der Waals surface area contributed by atoms with Crippen molar-refractivity contribution < 1.29 is 4.79 Å². The van der Waals surface area contributed by atoms with Gasteiger partial charge in [-0.2, -0.15) is 16.6 Å². The van der Waals surface area contributed by atoms with Crippen molar-refractivity contribution in [2.45, 2.75) is 39.3 Å². The third kappa shape index (κ3) is 4.44. The molecule has 3 nitrogen and oxygen atoms in total. The van der Waals surface area contributed by atoms with Gasteiger partial charge in [0.15, 0.2) is 0 Å². The minimum atomic E-state index is 0.158. The summed E-state index contributed by atoms with van der Waals surface area (Å²) >= 11 is 1.66. The first kappa shape index (κ1) is 16.3. The molecule has 1 aromatic heterocycles. The van der Waals surface area contributed by atoms with Gasteiger partial charge in [0.2, 0.25) is 5.91 Å². The van der Waals surface area contributed by atoms with Crippen LogP contribution in [0.2, 0.25) is 0 Å². The fraction of sp³-hybridized carbons (Fsp3) is 0.333. The van der Waals surface area contributed by atoms with E-state index in [4.69, 9.17) is 5.26 Å². The zero-order valence-electron chi connectivity index (χ0n) is 13.0. The highest BCUT2D eigenvalue weighted by Crippen LogP contribution is 2.14. The molecule has 0 aliphatic carbocycles. The number of hydrogen-bond acceptors (Lipinski definition) is 3. The second kappa shape index (κ2) is 7.77. The number of benzene rings is 1. The molecule has 0 saturated heterocycles. The lowest BCUT2D eigenvalue weighted by Gasteiger charge is -2.27. The maximum Gasteiger partial charge on any atom is 0.223 e. The van der Waals surface area contributed by atoms with E-state index in [-0.39, 0.29) is 11.9 Å². The molecule has 0 saturated carbocycles. The van der Waals surface area contributed by atoms with E-state index in [1.54, 1.807) is 23.5 Å². The average molecular weight is 312 g/mol. The van der Waals surface area contributed by atoms with Gasteiger partial charge in [0.05, 0.1) is 11.6 Å².